The lowest BCUT2D eigenvalue weighted by atomic mass is 10.1. The molecule has 5 nitrogen and oxygen atoms in total. The highest BCUT2D eigenvalue weighted by Crippen LogP contribution is 2.19. The number of halogens is 1. The van der Waals surface area contributed by atoms with Crippen molar-refractivity contribution in [1.82, 2.24) is 15.6 Å². The molecule has 0 fully saturated rings. The molecule has 0 unspecified atom stereocenters. The Morgan fingerprint density at radius 1 is 1.38 bits per heavy atom. The minimum atomic E-state index is -0.236. The third-order valence-corrected chi connectivity index (χ3v) is 3.13. The predicted octanol–water partition coefficient (Wildman–Crippen LogP) is 1.40. The molecule has 0 saturated heterocycles. The highest BCUT2D eigenvalue weighted by Gasteiger charge is 2.05. The summed E-state index contributed by atoms with van der Waals surface area (Å²) in [6.45, 7) is 3.88. The zero-order valence-electron chi connectivity index (χ0n) is 12.1. The van der Waals surface area contributed by atoms with E-state index in [1.807, 2.05) is 13.1 Å². The first kappa shape index (κ1) is 15.3. The van der Waals surface area contributed by atoms with Gasteiger partial charge in [0.05, 0.1) is 13.2 Å². The fraction of sp³-hybridized carbons (Fsp3) is 0.400. The van der Waals surface area contributed by atoms with Crippen molar-refractivity contribution in [2.75, 3.05) is 26.2 Å². The molecular weight excluding hydrogens is 271 g/mol. The van der Waals surface area contributed by atoms with Crippen molar-refractivity contribution >= 4 is 16.9 Å². The van der Waals surface area contributed by atoms with Crippen molar-refractivity contribution in [3.63, 3.8) is 0 Å². The van der Waals surface area contributed by atoms with Crippen molar-refractivity contribution in [2.45, 2.75) is 13.3 Å². The van der Waals surface area contributed by atoms with E-state index < -0.39 is 0 Å². The molecule has 0 atom stereocenters. The number of aliphatic imine (C=N–C) groups is 1. The van der Waals surface area contributed by atoms with Gasteiger partial charge in [-0.2, -0.15) is 0 Å². The monoisotopic (exact) mass is 292 g/mol. The van der Waals surface area contributed by atoms with Gasteiger partial charge in [0, 0.05) is 30.2 Å². The lowest BCUT2D eigenvalue weighted by molar-refractivity contribution is 0.306. The number of hydrogen-bond donors (Lipinski definition) is 4. The number of aromatic nitrogens is 1. The Morgan fingerprint density at radius 3 is 3.00 bits per heavy atom. The van der Waals surface area contributed by atoms with E-state index >= 15 is 0 Å². The molecule has 2 rings (SSSR count). The Labute approximate surface area is 123 Å². The average Bonchev–Trinajstić information content (AvgIpc) is 2.87. The zero-order chi connectivity index (χ0) is 15.1. The van der Waals surface area contributed by atoms with E-state index in [-0.39, 0.29) is 12.4 Å². The van der Waals surface area contributed by atoms with Crippen molar-refractivity contribution in [1.29, 1.82) is 0 Å². The lowest BCUT2D eigenvalue weighted by Gasteiger charge is -2.10. The SMILES string of the molecule is CCNC(=NCCO)NCCc1c[nH]c2cc(F)ccc12. The summed E-state index contributed by atoms with van der Waals surface area (Å²) in [4.78, 5) is 7.29. The van der Waals surface area contributed by atoms with Crippen LogP contribution >= 0.6 is 0 Å². The standard InChI is InChI=1S/C15H21FN4O/c1-2-17-15(19-7-8-21)18-6-5-11-10-20-14-9-12(16)3-4-13(11)14/h3-4,9-10,20-21H,2,5-8H2,1H3,(H2,17,18,19). The third kappa shape index (κ3) is 4.19. The number of aromatic amines is 1. The minimum absolute atomic E-state index is 0.0323. The summed E-state index contributed by atoms with van der Waals surface area (Å²) in [5.74, 6) is 0.456. The molecule has 21 heavy (non-hydrogen) atoms. The topological polar surface area (TPSA) is 72.4 Å². The van der Waals surface area contributed by atoms with Crippen LogP contribution in [0.5, 0.6) is 0 Å². The molecule has 0 aliphatic rings. The number of nitrogens with zero attached hydrogens (tertiary/aromatic N) is 1. The van der Waals surface area contributed by atoms with Gasteiger partial charge in [-0.25, -0.2) is 4.39 Å². The quantitative estimate of drug-likeness (QED) is 0.480. The summed E-state index contributed by atoms with van der Waals surface area (Å²) in [5, 5.41) is 16.2. The Morgan fingerprint density at radius 2 is 2.24 bits per heavy atom. The molecule has 0 spiro atoms. The molecule has 0 radical (unpaired) electrons. The van der Waals surface area contributed by atoms with Crippen LogP contribution in [0.1, 0.15) is 12.5 Å². The Bertz CT molecular complexity index is 609. The number of nitrogens with one attached hydrogen (secondary N) is 3. The molecule has 0 aliphatic heterocycles. The number of hydrogen-bond acceptors (Lipinski definition) is 2. The van der Waals surface area contributed by atoms with Crippen LogP contribution in [0, 0.1) is 5.82 Å². The van der Waals surface area contributed by atoms with Gasteiger partial charge in [-0.05, 0) is 37.1 Å². The largest absolute Gasteiger partial charge is 0.394 e. The maximum Gasteiger partial charge on any atom is 0.191 e. The number of benzene rings is 1. The Kier molecular flexibility index (Phi) is 5.57. The van der Waals surface area contributed by atoms with Gasteiger partial charge in [-0.3, -0.25) is 4.99 Å². The molecule has 4 N–H and O–H groups in total. The Hall–Kier alpha value is -2.08. The molecule has 2 aromatic rings. The molecule has 1 aromatic carbocycles. The van der Waals surface area contributed by atoms with Crippen LogP contribution in [0.4, 0.5) is 4.39 Å². The van der Waals surface area contributed by atoms with E-state index in [0.717, 1.165) is 29.4 Å². The van der Waals surface area contributed by atoms with Gasteiger partial charge in [0.25, 0.3) is 0 Å². The summed E-state index contributed by atoms with van der Waals surface area (Å²) in [6.07, 6.45) is 2.71. The fourth-order valence-corrected chi connectivity index (χ4v) is 2.18. The zero-order valence-corrected chi connectivity index (χ0v) is 12.1. The van der Waals surface area contributed by atoms with Gasteiger partial charge in [0.1, 0.15) is 5.82 Å². The summed E-state index contributed by atoms with van der Waals surface area (Å²) in [5.41, 5.74) is 1.95. The number of H-pyrrole nitrogens is 1. The maximum atomic E-state index is 13.1. The molecule has 1 aromatic heterocycles. The predicted molar refractivity (Wildman–Crippen MR) is 83.0 cm³/mol. The van der Waals surface area contributed by atoms with E-state index in [9.17, 15) is 4.39 Å². The van der Waals surface area contributed by atoms with E-state index in [4.69, 9.17) is 5.11 Å². The molecule has 0 bridgehead atoms. The smallest absolute Gasteiger partial charge is 0.191 e. The van der Waals surface area contributed by atoms with E-state index in [1.165, 1.54) is 12.1 Å². The highest BCUT2D eigenvalue weighted by atomic mass is 19.1. The van der Waals surface area contributed by atoms with Gasteiger partial charge in [0.15, 0.2) is 5.96 Å². The summed E-state index contributed by atoms with van der Waals surface area (Å²) in [7, 11) is 0. The number of aliphatic hydroxyl groups excluding tert-OH is 1. The third-order valence-electron chi connectivity index (χ3n) is 3.13. The molecule has 1 heterocycles. The number of aliphatic hydroxyl groups is 1. The van der Waals surface area contributed by atoms with E-state index in [0.29, 0.717) is 19.0 Å². The second-order valence-electron chi connectivity index (χ2n) is 4.66. The number of rotatable bonds is 6. The van der Waals surface area contributed by atoms with Crippen LogP contribution in [-0.2, 0) is 6.42 Å². The first-order chi connectivity index (χ1) is 10.2. The summed E-state index contributed by atoms with van der Waals surface area (Å²) in [6, 6.07) is 4.76. The van der Waals surface area contributed by atoms with Gasteiger partial charge in [0.2, 0.25) is 0 Å². The van der Waals surface area contributed by atoms with Crippen LogP contribution < -0.4 is 10.6 Å². The lowest BCUT2D eigenvalue weighted by Crippen LogP contribution is -2.38. The number of guanidine groups is 1. The fourth-order valence-electron chi connectivity index (χ4n) is 2.18. The van der Waals surface area contributed by atoms with Crippen LogP contribution in [0.2, 0.25) is 0 Å². The van der Waals surface area contributed by atoms with Crippen molar-refractivity contribution in [2.24, 2.45) is 4.99 Å². The normalized spacial score (nSPS) is 11.9. The van der Waals surface area contributed by atoms with Crippen molar-refractivity contribution in [3.05, 3.63) is 35.8 Å². The first-order valence-corrected chi connectivity index (χ1v) is 7.13. The minimum Gasteiger partial charge on any atom is -0.394 e. The van der Waals surface area contributed by atoms with Crippen LogP contribution in [0.25, 0.3) is 10.9 Å². The molecular formula is C15H21FN4O. The highest BCUT2D eigenvalue weighted by molar-refractivity contribution is 5.83. The summed E-state index contributed by atoms with van der Waals surface area (Å²) >= 11 is 0. The van der Waals surface area contributed by atoms with Gasteiger partial charge >= 0.3 is 0 Å². The molecule has 6 heteroatoms. The number of fused-ring (bicyclic) bond motifs is 1. The second kappa shape index (κ2) is 7.64. The summed E-state index contributed by atoms with van der Waals surface area (Å²) < 4.78 is 13.1. The molecule has 0 aliphatic carbocycles. The average molecular weight is 292 g/mol. The Balaban J connectivity index is 1.95. The first-order valence-electron chi connectivity index (χ1n) is 7.13. The van der Waals surface area contributed by atoms with Gasteiger partial charge in [-0.1, -0.05) is 0 Å². The molecule has 0 saturated carbocycles. The van der Waals surface area contributed by atoms with Gasteiger partial charge < -0.3 is 20.7 Å². The van der Waals surface area contributed by atoms with Crippen LogP contribution in [0.15, 0.2) is 29.4 Å². The molecule has 114 valence electrons. The second-order valence-corrected chi connectivity index (χ2v) is 4.66. The van der Waals surface area contributed by atoms with E-state index in [1.54, 1.807) is 6.07 Å². The van der Waals surface area contributed by atoms with Crippen LogP contribution in [-0.4, -0.2) is 42.3 Å². The maximum absolute atomic E-state index is 13.1. The molecule has 0 amide bonds. The van der Waals surface area contributed by atoms with E-state index in [2.05, 4.69) is 20.6 Å². The van der Waals surface area contributed by atoms with Crippen LogP contribution in [0.3, 0.4) is 0 Å². The van der Waals surface area contributed by atoms with Gasteiger partial charge in [-0.15, -0.1) is 0 Å². The van der Waals surface area contributed by atoms with Crippen molar-refractivity contribution in [3.8, 4) is 0 Å². The van der Waals surface area contributed by atoms with Crippen molar-refractivity contribution < 1.29 is 9.50 Å².